The summed E-state index contributed by atoms with van der Waals surface area (Å²) in [5.74, 6) is 1.72. The lowest BCUT2D eigenvalue weighted by atomic mass is 9.60. The topological polar surface area (TPSA) is 66.8 Å². The average molecular weight is 473 g/mol. The first-order valence-electron chi connectivity index (χ1n) is 13.5. The summed E-state index contributed by atoms with van der Waals surface area (Å²) in [6.45, 7) is 13.0. The van der Waals surface area contributed by atoms with Gasteiger partial charge in [-0.05, 0) is 99.9 Å². The van der Waals surface area contributed by atoms with Crippen LogP contribution in [0.15, 0.2) is 35.5 Å². The maximum absolute atomic E-state index is 11.7. The van der Waals surface area contributed by atoms with Gasteiger partial charge in [-0.2, -0.15) is 0 Å². The van der Waals surface area contributed by atoms with E-state index in [0.717, 1.165) is 29.9 Å². The van der Waals surface area contributed by atoms with Crippen molar-refractivity contribution in [3.63, 3.8) is 0 Å². The molecule has 192 valence electrons. The van der Waals surface area contributed by atoms with Crippen molar-refractivity contribution in [3.8, 4) is 0 Å². The molecule has 0 bridgehead atoms. The molecule has 0 heterocycles. The van der Waals surface area contributed by atoms with Crippen LogP contribution in [-0.2, 0) is 9.53 Å². The third-order valence-electron chi connectivity index (χ3n) is 9.26. The molecule has 34 heavy (non-hydrogen) atoms. The maximum atomic E-state index is 11.7. The van der Waals surface area contributed by atoms with E-state index in [2.05, 4.69) is 32.6 Å². The molecule has 6 atom stereocenters. The minimum absolute atomic E-state index is 0.101. The lowest BCUT2D eigenvalue weighted by molar-refractivity contribution is -0.142. The van der Waals surface area contributed by atoms with E-state index in [1.165, 1.54) is 45.6 Å². The van der Waals surface area contributed by atoms with E-state index in [1.54, 1.807) is 5.57 Å². The zero-order valence-corrected chi connectivity index (χ0v) is 22.2. The van der Waals surface area contributed by atoms with Crippen LogP contribution in [0.1, 0.15) is 98.3 Å². The molecule has 3 fully saturated rings. The first-order valence-corrected chi connectivity index (χ1v) is 13.5. The Kier molecular flexibility index (Phi) is 8.90. The van der Waals surface area contributed by atoms with Crippen molar-refractivity contribution in [2.45, 2.75) is 110 Å². The van der Waals surface area contributed by atoms with Crippen LogP contribution in [0.5, 0.6) is 0 Å². The van der Waals surface area contributed by atoms with Gasteiger partial charge in [0.15, 0.2) is 0 Å². The molecule has 0 spiro atoms. The van der Waals surface area contributed by atoms with Crippen molar-refractivity contribution < 1.29 is 19.7 Å². The van der Waals surface area contributed by atoms with Gasteiger partial charge in [0.1, 0.15) is 0 Å². The predicted molar refractivity (Wildman–Crippen MR) is 138 cm³/mol. The van der Waals surface area contributed by atoms with E-state index in [0.29, 0.717) is 30.1 Å². The number of ether oxygens (including phenoxy) is 1. The highest BCUT2D eigenvalue weighted by atomic mass is 16.5. The third kappa shape index (κ3) is 6.43. The molecule has 4 nitrogen and oxygen atoms in total. The van der Waals surface area contributed by atoms with Crippen molar-refractivity contribution in [1.29, 1.82) is 0 Å². The number of aliphatic hydroxyl groups is 2. The number of hydrogen-bond donors (Lipinski definition) is 2. The second-order valence-electron chi connectivity index (χ2n) is 12.3. The highest BCUT2D eigenvalue weighted by Gasteiger charge is 2.50. The van der Waals surface area contributed by atoms with Crippen molar-refractivity contribution in [3.05, 3.63) is 35.5 Å². The lowest BCUT2D eigenvalue weighted by Crippen LogP contribution is -2.36. The van der Waals surface area contributed by atoms with Crippen LogP contribution in [0.3, 0.4) is 0 Å². The lowest BCUT2D eigenvalue weighted by Gasteiger charge is -2.44. The van der Waals surface area contributed by atoms with Gasteiger partial charge in [-0.3, -0.25) is 4.79 Å². The number of carbonyl (C=O) groups is 1. The van der Waals surface area contributed by atoms with Crippen LogP contribution in [0, 0.1) is 29.1 Å². The van der Waals surface area contributed by atoms with E-state index in [9.17, 15) is 15.0 Å². The van der Waals surface area contributed by atoms with Crippen LogP contribution in [-0.4, -0.2) is 35.0 Å². The Morgan fingerprint density at radius 1 is 1.29 bits per heavy atom. The minimum atomic E-state index is -0.563. The molecule has 3 aliphatic rings. The molecule has 0 aliphatic heterocycles. The van der Waals surface area contributed by atoms with Crippen LogP contribution < -0.4 is 0 Å². The number of esters is 1. The average Bonchev–Trinajstić information content (AvgIpc) is 3.11. The SMILES string of the molecule is C=C1C[C@@H](CC(=O)OC)[C@H](O)C/C1=C/C=C1\CCC[C@@]2(C)C1CCC2[C@H](C)CCCC(C)(C)O. The molecule has 3 saturated carbocycles. The van der Waals surface area contributed by atoms with Gasteiger partial charge in [-0.1, -0.05) is 56.6 Å². The Bertz CT molecular complexity index is 801. The van der Waals surface area contributed by atoms with Gasteiger partial charge in [-0.15, -0.1) is 0 Å². The summed E-state index contributed by atoms with van der Waals surface area (Å²) in [6.07, 6.45) is 15.0. The van der Waals surface area contributed by atoms with Gasteiger partial charge in [0, 0.05) is 0 Å². The predicted octanol–water partition coefficient (Wildman–Crippen LogP) is 6.52. The molecule has 3 rings (SSSR count). The van der Waals surface area contributed by atoms with E-state index in [1.807, 2.05) is 13.8 Å². The summed E-state index contributed by atoms with van der Waals surface area (Å²) in [5.41, 5.74) is 3.55. The number of aliphatic hydroxyl groups excluding tert-OH is 1. The zero-order chi connectivity index (χ0) is 25.1. The Morgan fingerprint density at radius 2 is 2.03 bits per heavy atom. The fraction of sp³-hybridized carbons (Fsp3) is 0.767. The Labute approximate surface area is 207 Å². The molecule has 0 amide bonds. The normalized spacial score (nSPS) is 35.4. The van der Waals surface area contributed by atoms with E-state index in [4.69, 9.17) is 4.74 Å². The van der Waals surface area contributed by atoms with Crippen molar-refractivity contribution >= 4 is 5.97 Å². The minimum Gasteiger partial charge on any atom is -0.469 e. The standard InChI is InChI=1S/C30H48O4/c1-20(9-7-15-29(3,4)33)25-13-14-26-22(10-8-16-30(25,26)5)11-12-23-18-27(31)24(17-21(23)2)19-28(32)34-6/h11-12,20,24-27,31,33H,2,7-10,13-19H2,1,3-6H3/b22-11+,23-12-/t20-,24+,25?,26?,27-,30-/m1/s1. The largest absolute Gasteiger partial charge is 0.469 e. The number of allylic oxidation sites excluding steroid dienone is 4. The van der Waals surface area contributed by atoms with Crippen molar-refractivity contribution in [2.24, 2.45) is 29.1 Å². The van der Waals surface area contributed by atoms with Gasteiger partial charge >= 0.3 is 5.97 Å². The number of methoxy groups -OCH3 is 1. The Balaban J connectivity index is 1.66. The third-order valence-corrected chi connectivity index (χ3v) is 9.26. The number of rotatable bonds is 8. The first kappa shape index (κ1) is 27.2. The summed E-state index contributed by atoms with van der Waals surface area (Å²) in [6, 6.07) is 0. The molecule has 0 aromatic heterocycles. The summed E-state index contributed by atoms with van der Waals surface area (Å²) in [5, 5.41) is 20.7. The van der Waals surface area contributed by atoms with E-state index < -0.39 is 11.7 Å². The highest BCUT2D eigenvalue weighted by Crippen LogP contribution is 2.60. The van der Waals surface area contributed by atoms with Crippen LogP contribution in [0.4, 0.5) is 0 Å². The van der Waals surface area contributed by atoms with Crippen LogP contribution in [0.25, 0.3) is 0 Å². The second kappa shape index (κ2) is 11.1. The van der Waals surface area contributed by atoms with Crippen LogP contribution in [0.2, 0.25) is 0 Å². The van der Waals surface area contributed by atoms with Gasteiger partial charge in [0.2, 0.25) is 0 Å². The van der Waals surface area contributed by atoms with Gasteiger partial charge in [0.25, 0.3) is 0 Å². The monoisotopic (exact) mass is 472 g/mol. The highest BCUT2D eigenvalue weighted by molar-refractivity contribution is 5.69. The van der Waals surface area contributed by atoms with Crippen molar-refractivity contribution in [2.75, 3.05) is 7.11 Å². The summed E-state index contributed by atoms with van der Waals surface area (Å²) >= 11 is 0. The fourth-order valence-electron chi connectivity index (χ4n) is 7.29. The molecule has 0 aromatic rings. The molecule has 0 saturated heterocycles. The Hall–Kier alpha value is -1.39. The summed E-state index contributed by atoms with van der Waals surface area (Å²) in [4.78, 5) is 11.7. The molecule has 0 radical (unpaired) electrons. The van der Waals surface area contributed by atoms with Crippen molar-refractivity contribution in [1.82, 2.24) is 0 Å². The molecular formula is C30H48O4. The molecule has 2 unspecified atom stereocenters. The van der Waals surface area contributed by atoms with E-state index >= 15 is 0 Å². The molecule has 4 heteroatoms. The van der Waals surface area contributed by atoms with Gasteiger partial charge in [0.05, 0.1) is 25.2 Å². The first-order chi connectivity index (χ1) is 15.9. The van der Waals surface area contributed by atoms with E-state index in [-0.39, 0.29) is 18.3 Å². The van der Waals surface area contributed by atoms with Gasteiger partial charge in [-0.25, -0.2) is 0 Å². The van der Waals surface area contributed by atoms with Gasteiger partial charge < -0.3 is 14.9 Å². The second-order valence-corrected chi connectivity index (χ2v) is 12.3. The molecule has 3 aliphatic carbocycles. The number of carbonyl (C=O) groups excluding carboxylic acids is 1. The summed E-state index contributed by atoms with van der Waals surface area (Å²) in [7, 11) is 1.39. The smallest absolute Gasteiger partial charge is 0.305 e. The fourth-order valence-corrected chi connectivity index (χ4v) is 7.29. The Morgan fingerprint density at radius 3 is 2.71 bits per heavy atom. The summed E-state index contributed by atoms with van der Waals surface area (Å²) < 4.78 is 4.79. The molecule has 2 N–H and O–H groups in total. The number of hydrogen-bond acceptors (Lipinski definition) is 4. The molecule has 0 aromatic carbocycles. The number of fused-ring (bicyclic) bond motifs is 1. The quantitative estimate of drug-likeness (QED) is 0.395. The zero-order valence-electron chi connectivity index (χ0n) is 22.2. The maximum Gasteiger partial charge on any atom is 0.305 e. The van der Waals surface area contributed by atoms with Crippen LogP contribution >= 0.6 is 0 Å². The molecular weight excluding hydrogens is 424 g/mol.